The molecule has 96 valence electrons. The summed E-state index contributed by atoms with van der Waals surface area (Å²) in [7, 11) is 0. The lowest BCUT2D eigenvalue weighted by Gasteiger charge is -2.18. The van der Waals surface area contributed by atoms with Crippen LogP contribution in [0, 0.1) is 11.3 Å². The molecule has 0 bridgehead atoms. The van der Waals surface area contributed by atoms with Gasteiger partial charge in [-0.05, 0) is 25.1 Å². The van der Waals surface area contributed by atoms with Crippen molar-refractivity contribution in [3.05, 3.63) is 29.3 Å². The lowest BCUT2D eigenvalue weighted by molar-refractivity contribution is -0.189. The summed E-state index contributed by atoms with van der Waals surface area (Å²) in [6.45, 7) is 0.768. The summed E-state index contributed by atoms with van der Waals surface area (Å²) in [5.74, 6) is -1.89. The third-order valence-electron chi connectivity index (χ3n) is 2.10. The van der Waals surface area contributed by atoms with Gasteiger partial charge in [-0.15, -0.1) is 0 Å². The van der Waals surface area contributed by atoms with E-state index in [0.717, 1.165) is 19.1 Å². The number of carboxylic acids is 1. The maximum Gasteiger partial charge on any atom is 0.425 e. The minimum atomic E-state index is -4.59. The van der Waals surface area contributed by atoms with Crippen molar-refractivity contribution in [3.63, 3.8) is 0 Å². The largest absolute Gasteiger partial charge is 0.480 e. The fraction of sp³-hybridized carbons (Fsp3) is 0.273. The highest BCUT2D eigenvalue weighted by atomic mass is 19.4. The van der Waals surface area contributed by atoms with Gasteiger partial charge in [0.05, 0.1) is 11.6 Å². The van der Waals surface area contributed by atoms with Crippen molar-refractivity contribution in [2.75, 3.05) is 0 Å². The van der Waals surface area contributed by atoms with Gasteiger partial charge in [0.2, 0.25) is 0 Å². The number of hydrogen-bond acceptors (Lipinski definition) is 3. The average molecular weight is 259 g/mol. The summed E-state index contributed by atoms with van der Waals surface area (Å²) >= 11 is 0. The quantitative estimate of drug-likeness (QED) is 0.905. The number of nitrogens with zero attached hydrogens (tertiary/aromatic N) is 1. The van der Waals surface area contributed by atoms with Crippen LogP contribution in [0.25, 0.3) is 0 Å². The van der Waals surface area contributed by atoms with E-state index < -0.39 is 29.6 Å². The Bertz CT molecular complexity index is 505. The van der Waals surface area contributed by atoms with Crippen LogP contribution in [-0.4, -0.2) is 23.4 Å². The fourth-order valence-corrected chi connectivity index (χ4v) is 1.13. The summed E-state index contributed by atoms with van der Waals surface area (Å²) in [6.07, 6.45) is -6.73. The minimum Gasteiger partial charge on any atom is -0.480 e. The Balaban J connectivity index is 3.10. The van der Waals surface area contributed by atoms with Crippen LogP contribution in [0.2, 0.25) is 0 Å². The number of aromatic carboxylic acids is 1. The van der Waals surface area contributed by atoms with E-state index in [0.29, 0.717) is 0 Å². The molecule has 0 spiro atoms. The van der Waals surface area contributed by atoms with Gasteiger partial charge >= 0.3 is 12.1 Å². The van der Waals surface area contributed by atoms with Crippen molar-refractivity contribution >= 4 is 5.97 Å². The minimum absolute atomic E-state index is 0.0272. The Kier molecular flexibility index (Phi) is 3.81. The average Bonchev–Trinajstić information content (AvgIpc) is 2.27. The zero-order chi connectivity index (χ0) is 13.9. The van der Waals surface area contributed by atoms with Crippen LogP contribution in [0.1, 0.15) is 22.8 Å². The summed E-state index contributed by atoms with van der Waals surface area (Å²) in [5, 5.41) is 17.4. The number of carboxylic acid groups (broad SMARTS) is 1. The van der Waals surface area contributed by atoms with Gasteiger partial charge in [-0.3, -0.25) is 0 Å². The van der Waals surface area contributed by atoms with E-state index in [2.05, 4.69) is 4.74 Å². The molecule has 18 heavy (non-hydrogen) atoms. The molecule has 0 radical (unpaired) electrons. The zero-order valence-corrected chi connectivity index (χ0v) is 9.15. The van der Waals surface area contributed by atoms with E-state index in [9.17, 15) is 18.0 Å². The molecule has 0 unspecified atom stereocenters. The molecular weight excluding hydrogens is 251 g/mol. The second-order valence-electron chi connectivity index (χ2n) is 3.43. The Morgan fingerprint density at radius 3 is 2.56 bits per heavy atom. The predicted molar refractivity (Wildman–Crippen MR) is 54.3 cm³/mol. The number of rotatable bonds is 3. The molecule has 0 amide bonds. The number of carbonyl (C=O) groups is 1. The number of hydrogen-bond donors (Lipinski definition) is 1. The molecule has 0 fully saturated rings. The number of halogens is 3. The first-order chi connectivity index (χ1) is 8.25. The topological polar surface area (TPSA) is 70.3 Å². The molecule has 0 saturated carbocycles. The van der Waals surface area contributed by atoms with Crippen LogP contribution >= 0.6 is 0 Å². The van der Waals surface area contributed by atoms with Crippen LogP contribution in [0.3, 0.4) is 0 Å². The highest BCUT2D eigenvalue weighted by molar-refractivity contribution is 5.91. The van der Waals surface area contributed by atoms with E-state index in [1.54, 1.807) is 6.07 Å². The van der Waals surface area contributed by atoms with Gasteiger partial charge < -0.3 is 9.84 Å². The van der Waals surface area contributed by atoms with Crippen LogP contribution in [0.15, 0.2) is 18.2 Å². The second kappa shape index (κ2) is 4.96. The fourth-order valence-electron chi connectivity index (χ4n) is 1.13. The smallest absolute Gasteiger partial charge is 0.425 e. The molecule has 1 aromatic carbocycles. The summed E-state index contributed by atoms with van der Waals surface area (Å²) in [5.41, 5.74) is -0.454. The van der Waals surface area contributed by atoms with Crippen LogP contribution in [-0.2, 0) is 0 Å². The third-order valence-corrected chi connectivity index (χ3v) is 2.10. The summed E-state index contributed by atoms with van der Waals surface area (Å²) < 4.78 is 41.4. The van der Waals surface area contributed by atoms with Crippen molar-refractivity contribution in [2.45, 2.75) is 19.2 Å². The molecule has 0 saturated heterocycles. The van der Waals surface area contributed by atoms with Crippen LogP contribution < -0.4 is 4.74 Å². The van der Waals surface area contributed by atoms with E-state index in [1.807, 2.05) is 0 Å². The number of benzene rings is 1. The van der Waals surface area contributed by atoms with Gasteiger partial charge in [0, 0.05) is 0 Å². The Labute approximate surface area is 100 Å². The number of ether oxygens (including phenoxy) is 1. The molecule has 0 aliphatic carbocycles. The van der Waals surface area contributed by atoms with Crippen molar-refractivity contribution in [1.29, 1.82) is 5.26 Å². The Hall–Kier alpha value is -2.23. The van der Waals surface area contributed by atoms with E-state index in [-0.39, 0.29) is 5.56 Å². The third kappa shape index (κ3) is 3.13. The molecule has 7 heteroatoms. The van der Waals surface area contributed by atoms with Crippen LogP contribution in [0.4, 0.5) is 13.2 Å². The van der Waals surface area contributed by atoms with E-state index in [1.165, 1.54) is 6.07 Å². The van der Waals surface area contributed by atoms with Crippen molar-refractivity contribution in [2.24, 2.45) is 0 Å². The van der Waals surface area contributed by atoms with E-state index in [4.69, 9.17) is 10.4 Å². The number of alkyl halides is 3. The van der Waals surface area contributed by atoms with Gasteiger partial charge in [0.1, 0.15) is 11.3 Å². The molecule has 1 rings (SSSR count). The van der Waals surface area contributed by atoms with Crippen molar-refractivity contribution < 1.29 is 27.8 Å². The Morgan fingerprint density at radius 2 is 2.11 bits per heavy atom. The Morgan fingerprint density at radius 1 is 1.50 bits per heavy atom. The first-order valence-electron chi connectivity index (χ1n) is 4.76. The SMILES string of the molecule is C[C@@H](Oc1ccc(C#N)cc1C(=O)O)C(F)(F)F. The van der Waals surface area contributed by atoms with Crippen molar-refractivity contribution in [3.8, 4) is 11.8 Å². The van der Waals surface area contributed by atoms with E-state index >= 15 is 0 Å². The molecular formula is C11H8F3NO3. The zero-order valence-electron chi connectivity index (χ0n) is 9.15. The second-order valence-corrected chi connectivity index (χ2v) is 3.43. The molecule has 0 aromatic heterocycles. The monoisotopic (exact) mass is 259 g/mol. The van der Waals surface area contributed by atoms with Gasteiger partial charge in [-0.25, -0.2) is 4.79 Å². The molecule has 0 aliphatic heterocycles. The molecule has 4 nitrogen and oxygen atoms in total. The van der Waals surface area contributed by atoms with Gasteiger partial charge in [-0.2, -0.15) is 18.4 Å². The normalized spacial score (nSPS) is 12.6. The van der Waals surface area contributed by atoms with Crippen molar-refractivity contribution in [1.82, 2.24) is 0 Å². The molecule has 1 N–H and O–H groups in total. The maximum atomic E-state index is 12.3. The van der Waals surface area contributed by atoms with Gasteiger partial charge in [-0.1, -0.05) is 0 Å². The standard InChI is InChI=1S/C11H8F3NO3/c1-6(11(12,13)14)18-9-3-2-7(5-15)4-8(9)10(16)17/h2-4,6H,1H3,(H,16,17)/t6-/m1/s1. The molecule has 1 atom stereocenters. The van der Waals surface area contributed by atoms with Gasteiger partial charge in [0.15, 0.2) is 6.10 Å². The van der Waals surface area contributed by atoms with Crippen LogP contribution in [0.5, 0.6) is 5.75 Å². The summed E-state index contributed by atoms with van der Waals surface area (Å²) in [4.78, 5) is 10.9. The molecule has 0 aliphatic rings. The maximum absolute atomic E-state index is 12.3. The molecule has 0 heterocycles. The lowest BCUT2D eigenvalue weighted by Crippen LogP contribution is -2.31. The molecule has 1 aromatic rings. The summed E-state index contributed by atoms with van der Waals surface area (Å²) in [6, 6.07) is 4.87. The first kappa shape index (κ1) is 13.8. The highest BCUT2D eigenvalue weighted by Crippen LogP contribution is 2.27. The number of nitriles is 1. The lowest BCUT2D eigenvalue weighted by atomic mass is 10.1. The predicted octanol–water partition coefficient (Wildman–Crippen LogP) is 2.59. The first-order valence-corrected chi connectivity index (χ1v) is 4.76. The van der Waals surface area contributed by atoms with Gasteiger partial charge in [0.25, 0.3) is 0 Å². The highest BCUT2D eigenvalue weighted by Gasteiger charge is 2.38.